The summed E-state index contributed by atoms with van der Waals surface area (Å²) in [6.07, 6.45) is 2.91. The van der Waals surface area contributed by atoms with Crippen LogP contribution < -0.4 is 5.73 Å². The molecule has 0 spiro atoms. The molecular formula is C23H25Cl2N3O2. The number of hydrogen-bond donors (Lipinski definition) is 2. The number of carbonyl (C=O) groups excluding carboxylic acids is 1. The van der Waals surface area contributed by atoms with Crippen molar-refractivity contribution < 1.29 is 9.53 Å². The third-order valence-corrected chi connectivity index (χ3v) is 5.94. The van der Waals surface area contributed by atoms with Crippen LogP contribution in [0.2, 0.25) is 10.0 Å². The van der Waals surface area contributed by atoms with Crippen molar-refractivity contribution in [1.29, 1.82) is 5.41 Å². The van der Waals surface area contributed by atoms with Gasteiger partial charge in [-0.15, -0.1) is 0 Å². The summed E-state index contributed by atoms with van der Waals surface area (Å²) >= 11 is 12.3. The number of ether oxygens (including phenoxy) is 1. The van der Waals surface area contributed by atoms with E-state index in [1.165, 1.54) is 6.92 Å². The molecule has 1 saturated carbocycles. The number of nitrogens with one attached hydrogen (secondary N) is 1. The molecule has 2 aromatic rings. The first-order chi connectivity index (χ1) is 14.3. The van der Waals surface area contributed by atoms with Gasteiger partial charge in [0.05, 0.1) is 23.8 Å². The summed E-state index contributed by atoms with van der Waals surface area (Å²) in [4.78, 5) is 15.8. The van der Waals surface area contributed by atoms with Gasteiger partial charge in [0, 0.05) is 22.5 Å². The molecule has 158 valence electrons. The molecule has 5 nitrogen and oxygen atoms in total. The Hall–Kier alpha value is -2.37. The summed E-state index contributed by atoms with van der Waals surface area (Å²) in [5.41, 5.74) is 8.20. The second kappa shape index (κ2) is 9.63. The second-order valence-corrected chi connectivity index (χ2v) is 8.34. The van der Waals surface area contributed by atoms with E-state index in [1.807, 2.05) is 42.5 Å². The summed E-state index contributed by atoms with van der Waals surface area (Å²) in [6.45, 7) is 1.65. The van der Waals surface area contributed by atoms with Gasteiger partial charge < -0.3 is 15.9 Å². The standard InChI is InChI=1S/C23H25Cl2N3O2/c1-15(29)30-14-4-7-20(21(26)18-5-2-3-6-19(18)25)28-22(27)23(12-13-23)16-8-10-17(24)11-9-16/h2-3,5-6,8-11,20,26H,4,7,12-14H2,1H3,(H2,27,28). The molecule has 0 heterocycles. The van der Waals surface area contributed by atoms with Gasteiger partial charge in [-0.05, 0) is 49.4 Å². The minimum absolute atomic E-state index is 0.277. The van der Waals surface area contributed by atoms with E-state index >= 15 is 0 Å². The number of esters is 1. The zero-order valence-electron chi connectivity index (χ0n) is 16.8. The smallest absolute Gasteiger partial charge is 0.302 e. The molecule has 0 aromatic heterocycles. The summed E-state index contributed by atoms with van der Waals surface area (Å²) in [5, 5.41) is 9.90. The summed E-state index contributed by atoms with van der Waals surface area (Å²) in [6, 6.07) is 14.4. The van der Waals surface area contributed by atoms with Crippen molar-refractivity contribution in [2.24, 2.45) is 10.7 Å². The molecule has 2 aromatic carbocycles. The van der Waals surface area contributed by atoms with Crippen LogP contribution in [0.15, 0.2) is 53.5 Å². The summed E-state index contributed by atoms with van der Waals surface area (Å²) in [7, 11) is 0. The van der Waals surface area contributed by atoms with Gasteiger partial charge >= 0.3 is 5.97 Å². The second-order valence-electron chi connectivity index (χ2n) is 7.49. The van der Waals surface area contributed by atoms with Crippen molar-refractivity contribution in [2.75, 3.05) is 6.61 Å². The van der Waals surface area contributed by atoms with E-state index in [1.54, 1.807) is 6.07 Å². The Labute approximate surface area is 186 Å². The lowest BCUT2D eigenvalue weighted by atomic mass is 9.93. The highest BCUT2D eigenvalue weighted by atomic mass is 35.5. The lowest BCUT2D eigenvalue weighted by molar-refractivity contribution is -0.141. The molecule has 0 amide bonds. The third-order valence-electron chi connectivity index (χ3n) is 5.36. The molecule has 3 N–H and O–H groups in total. The van der Waals surface area contributed by atoms with Crippen molar-refractivity contribution in [3.05, 3.63) is 69.7 Å². The number of rotatable bonds is 9. The fraction of sp³-hybridized carbons (Fsp3) is 0.348. The van der Waals surface area contributed by atoms with Gasteiger partial charge in [-0.3, -0.25) is 9.79 Å². The molecule has 0 bridgehead atoms. The van der Waals surface area contributed by atoms with Gasteiger partial charge in [-0.25, -0.2) is 0 Å². The van der Waals surface area contributed by atoms with E-state index in [0.29, 0.717) is 40.0 Å². The summed E-state index contributed by atoms with van der Waals surface area (Å²) in [5.74, 6) is 0.189. The van der Waals surface area contributed by atoms with E-state index < -0.39 is 6.04 Å². The van der Waals surface area contributed by atoms with Crippen LogP contribution in [-0.4, -0.2) is 30.2 Å². The highest BCUT2D eigenvalue weighted by Crippen LogP contribution is 2.48. The number of carbonyl (C=O) groups is 1. The van der Waals surface area contributed by atoms with Crippen molar-refractivity contribution >= 4 is 40.7 Å². The number of benzene rings is 2. The van der Waals surface area contributed by atoms with E-state index in [-0.39, 0.29) is 18.0 Å². The first kappa shape index (κ1) is 22.3. The molecule has 1 fully saturated rings. The van der Waals surface area contributed by atoms with Crippen molar-refractivity contribution in [2.45, 2.75) is 44.1 Å². The van der Waals surface area contributed by atoms with Gasteiger partial charge in [-0.1, -0.05) is 53.5 Å². The fourth-order valence-corrected chi connectivity index (χ4v) is 3.87. The van der Waals surface area contributed by atoms with Crippen LogP contribution in [0.25, 0.3) is 0 Å². The number of aliphatic imine (C=N–C) groups is 1. The van der Waals surface area contributed by atoms with E-state index in [4.69, 9.17) is 44.1 Å². The first-order valence-electron chi connectivity index (χ1n) is 9.90. The topological polar surface area (TPSA) is 88.5 Å². The number of amidine groups is 1. The number of nitrogens with zero attached hydrogens (tertiary/aromatic N) is 1. The highest BCUT2D eigenvalue weighted by molar-refractivity contribution is 6.34. The minimum Gasteiger partial charge on any atom is -0.466 e. The predicted molar refractivity (Wildman–Crippen MR) is 122 cm³/mol. The predicted octanol–water partition coefficient (Wildman–Crippen LogP) is 5.16. The third kappa shape index (κ3) is 5.21. The molecule has 3 rings (SSSR count). The molecule has 30 heavy (non-hydrogen) atoms. The zero-order valence-corrected chi connectivity index (χ0v) is 18.3. The van der Waals surface area contributed by atoms with Gasteiger partial charge in [0.15, 0.2) is 0 Å². The molecule has 1 aliphatic rings. The maximum atomic E-state index is 11.0. The zero-order chi connectivity index (χ0) is 21.7. The Balaban J connectivity index is 1.85. The number of hydrogen-bond acceptors (Lipinski definition) is 4. The van der Waals surface area contributed by atoms with Gasteiger partial charge in [0.25, 0.3) is 0 Å². The quantitative estimate of drug-likeness (QED) is 0.241. The van der Waals surface area contributed by atoms with Crippen molar-refractivity contribution in [3.8, 4) is 0 Å². The molecule has 0 radical (unpaired) electrons. The van der Waals surface area contributed by atoms with Gasteiger partial charge in [-0.2, -0.15) is 0 Å². The van der Waals surface area contributed by atoms with Crippen LogP contribution in [0.4, 0.5) is 0 Å². The van der Waals surface area contributed by atoms with E-state index in [0.717, 1.165) is 18.4 Å². The molecule has 0 aliphatic heterocycles. The van der Waals surface area contributed by atoms with E-state index in [2.05, 4.69) is 0 Å². The highest BCUT2D eigenvalue weighted by Gasteiger charge is 2.48. The summed E-state index contributed by atoms with van der Waals surface area (Å²) < 4.78 is 5.04. The SMILES string of the molecule is CC(=O)OCCCC(N=C(N)C1(c2ccc(Cl)cc2)CC1)C(=N)c1ccccc1Cl. The molecule has 7 heteroatoms. The fourth-order valence-electron chi connectivity index (χ4n) is 3.50. The van der Waals surface area contributed by atoms with Crippen LogP contribution in [0, 0.1) is 5.41 Å². The van der Waals surface area contributed by atoms with E-state index in [9.17, 15) is 4.79 Å². The number of halogens is 2. The Morgan fingerprint density at radius 2 is 1.87 bits per heavy atom. The van der Waals surface area contributed by atoms with Crippen LogP contribution in [0.3, 0.4) is 0 Å². The lowest BCUT2D eigenvalue weighted by Gasteiger charge is -2.20. The molecule has 1 atom stereocenters. The molecule has 1 unspecified atom stereocenters. The Morgan fingerprint density at radius 1 is 1.20 bits per heavy atom. The maximum Gasteiger partial charge on any atom is 0.302 e. The normalized spacial score (nSPS) is 16.0. The first-order valence-corrected chi connectivity index (χ1v) is 10.7. The Morgan fingerprint density at radius 3 is 2.47 bits per heavy atom. The van der Waals surface area contributed by atoms with Gasteiger partial charge in [0.1, 0.15) is 5.84 Å². The van der Waals surface area contributed by atoms with Crippen LogP contribution in [-0.2, 0) is 14.9 Å². The molecule has 1 aliphatic carbocycles. The Kier molecular flexibility index (Phi) is 7.16. The average Bonchev–Trinajstić information content (AvgIpc) is 3.52. The molecule has 0 saturated heterocycles. The van der Waals surface area contributed by atoms with Gasteiger partial charge in [0.2, 0.25) is 0 Å². The number of nitrogens with two attached hydrogens (primary N) is 1. The largest absolute Gasteiger partial charge is 0.466 e. The Bertz CT molecular complexity index is 953. The lowest BCUT2D eigenvalue weighted by Crippen LogP contribution is -2.33. The van der Waals surface area contributed by atoms with Crippen LogP contribution >= 0.6 is 23.2 Å². The maximum absolute atomic E-state index is 11.0. The van der Waals surface area contributed by atoms with Crippen molar-refractivity contribution in [1.82, 2.24) is 0 Å². The van der Waals surface area contributed by atoms with Crippen molar-refractivity contribution in [3.63, 3.8) is 0 Å². The monoisotopic (exact) mass is 445 g/mol. The van der Waals surface area contributed by atoms with Crippen LogP contribution in [0.1, 0.15) is 43.7 Å². The van der Waals surface area contributed by atoms with Crippen LogP contribution in [0.5, 0.6) is 0 Å². The minimum atomic E-state index is -0.481. The average molecular weight is 446 g/mol. The molecular weight excluding hydrogens is 421 g/mol.